The summed E-state index contributed by atoms with van der Waals surface area (Å²) in [6.45, 7) is 1.82. The number of anilines is 1. The minimum atomic E-state index is 0.811. The molecule has 0 amide bonds. The lowest BCUT2D eigenvalue weighted by molar-refractivity contribution is 0.196. The molecule has 0 unspecified atom stereocenters. The molecule has 0 heterocycles. The van der Waals surface area contributed by atoms with Gasteiger partial charge in [0.25, 0.3) is 0 Å². The van der Waals surface area contributed by atoms with Crippen LogP contribution in [-0.2, 0) is 10.1 Å². The summed E-state index contributed by atoms with van der Waals surface area (Å²) in [6, 6.07) is 6.44. The molecule has 0 atom stereocenters. The third kappa shape index (κ3) is 4.07. The van der Waals surface area contributed by atoms with Crippen LogP contribution >= 0.6 is 31.9 Å². The van der Waals surface area contributed by atoms with Crippen molar-refractivity contribution >= 4 is 37.5 Å². The molecule has 0 radical (unpaired) electrons. The number of nitrogens with zero attached hydrogens (tertiary/aromatic N) is 1. The molecule has 0 saturated carbocycles. The van der Waals surface area contributed by atoms with Gasteiger partial charge in [0.2, 0.25) is 0 Å². The van der Waals surface area contributed by atoms with Gasteiger partial charge in [0.1, 0.15) is 0 Å². The summed E-state index contributed by atoms with van der Waals surface area (Å²) in [5.74, 6) is 0. The van der Waals surface area contributed by atoms with Crippen molar-refractivity contribution < 1.29 is 4.74 Å². The fourth-order valence-electron chi connectivity index (χ4n) is 1.46. The Morgan fingerprint density at radius 3 is 2.69 bits per heavy atom. The van der Waals surface area contributed by atoms with Crippen molar-refractivity contribution in [1.29, 1.82) is 0 Å². The zero-order valence-electron chi connectivity index (χ0n) is 9.67. The van der Waals surface area contributed by atoms with Gasteiger partial charge in [0.05, 0.1) is 0 Å². The van der Waals surface area contributed by atoms with E-state index < -0.39 is 0 Å². The van der Waals surface area contributed by atoms with Crippen LogP contribution < -0.4 is 4.90 Å². The van der Waals surface area contributed by atoms with Crippen molar-refractivity contribution in [3.05, 3.63) is 28.2 Å². The summed E-state index contributed by atoms with van der Waals surface area (Å²) in [6.07, 6.45) is 1.05. The molecule has 0 bridgehead atoms. The summed E-state index contributed by atoms with van der Waals surface area (Å²) in [4.78, 5) is 2.24. The van der Waals surface area contributed by atoms with Gasteiger partial charge in [0, 0.05) is 42.8 Å². The van der Waals surface area contributed by atoms with Gasteiger partial charge in [-0.3, -0.25) is 0 Å². The number of methoxy groups -OCH3 is 1. The predicted octanol–water partition coefficient (Wildman–Crippen LogP) is 3.82. The zero-order chi connectivity index (χ0) is 12.0. The first-order valence-corrected chi connectivity index (χ1v) is 7.15. The number of benzene rings is 1. The second kappa shape index (κ2) is 7.30. The smallest absolute Gasteiger partial charge is 0.0479 e. The zero-order valence-corrected chi connectivity index (χ0v) is 12.8. The van der Waals surface area contributed by atoms with Crippen LogP contribution in [0.2, 0.25) is 0 Å². The van der Waals surface area contributed by atoms with Crippen molar-refractivity contribution in [3.8, 4) is 0 Å². The van der Waals surface area contributed by atoms with Crippen LogP contribution in [0.1, 0.15) is 12.0 Å². The molecule has 0 aliphatic heterocycles. The monoisotopic (exact) mass is 349 g/mol. The van der Waals surface area contributed by atoms with Crippen LogP contribution in [-0.4, -0.2) is 27.3 Å². The van der Waals surface area contributed by atoms with Gasteiger partial charge >= 0.3 is 0 Å². The van der Waals surface area contributed by atoms with Crippen LogP contribution in [0.4, 0.5) is 5.69 Å². The van der Waals surface area contributed by atoms with E-state index in [1.807, 2.05) is 0 Å². The molecule has 0 N–H and O–H groups in total. The average molecular weight is 351 g/mol. The van der Waals surface area contributed by atoms with E-state index >= 15 is 0 Å². The lowest BCUT2D eigenvalue weighted by atomic mass is 10.2. The molecule has 0 spiro atoms. The molecule has 0 aromatic heterocycles. The van der Waals surface area contributed by atoms with Gasteiger partial charge in [-0.25, -0.2) is 0 Å². The Morgan fingerprint density at radius 2 is 2.12 bits per heavy atom. The quantitative estimate of drug-likeness (QED) is 0.571. The lowest BCUT2D eigenvalue weighted by Gasteiger charge is -2.20. The number of hydrogen-bond donors (Lipinski definition) is 0. The minimum absolute atomic E-state index is 0.811. The Bertz CT molecular complexity index is 331. The highest BCUT2D eigenvalue weighted by Gasteiger charge is 2.04. The van der Waals surface area contributed by atoms with E-state index in [9.17, 15) is 0 Å². The van der Waals surface area contributed by atoms with Gasteiger partial charge < -0.3 is 9.64 Å². The Balaban J connectivity index is 2.62. The second-order valence-electron chi connectivity index (χ2n) is 3.68. The van der Waals surface area contributed by atoms with Crippen molar-refractivity contribution in [2.24, 2.45) is 0 Å². The maximum atomic E-state index is 5.05. The first-order chi connectivity index (χ1) is 7.69. The van der Waals surface area contributed by atoms with Crippen molar-refractivity contribution in [3.63, 3.8) is 0 Å². The summed E-state index contributed by atoms with van der Waals surface area (Å²) in [5.41, 5.74) is 2.50. The number of hydrogen-bond acceptors (Lipinski definition) is 2. The second-order valence-corrected chi connectivity index (χ2v) is 5.09. The van der Waals surface area contributed by atoms with Crippen LogP contribution in [0.5, 0.6) is 0 Å². The molecular weight excluding hydrogens is 334 g/mol. The summed E-state index contributed by atoms with van der Waals surface area (Å²) >= 11 is 7.04. The third-order valence-corrected chi connectivity index (χ3v) is 3.81. The Labute approximate surface area is 114 Å². The molecule has 4 heteroatoms. The van der Waals surface area contributed by atoms with Crippen LogP contribution in [0.25, 0.3) is 0 Å². The molecule has 1 rings (SSSR count). The van der Waals surface area contributed by atoms with E-state index in [2.05, 4.69) is 62.0 Å². The molecule has 0 saturated heterocycles. The molecule has 16 heavy (non-hydrogen) atoms. The van der Waals surface area contributed by atoms with Crippen molar-refractivity contribution in [2.45, 2.75) is 11.8 Å². The van der Waals surface area contributed by atoms with E-state index in [0.29, 0.717) is 0 Å². The highest BCUT2D eigenvalue weighted by molar-refractivity contribution is 9.10. The van der Waals surface area contributed by atoms with Gasteiger partial charge in [-0.1, -0.05) is 37.9 Å². The highest BCUT2D eigenvalue weighted by atomic mass is 79.9. The van der Waals surface area contributed by atoms with Crippen LogP contribution in [0, 0.1) is 0 Å². The number of halogens is 2. The molecule has 1 aromatic rings. The molecule has 2 nitrogen and oxygen atoms in total. The fourth-order valence-corrected chi connectivity index (χ4v) is 2.83. The molecular formula is C12H17Br2NO. The number of alkyl halides is 1. The first kappa shape index (κ1) is 14.0. The van der Waals surface area contributed by atoms with Crippen molar-refractivity contribution in [2.75, 3.05) is 32.2 Å². The molecule has 0 fully saturated rings. The van der Waals surface area contributed by atoms with E-state index in [4.69, 9.17) is 4.74 Å². The maximum absolute atomic E-state index is 5.05. The summed E-state index contributed by atoms with van der Waals surface area (Å²) < 4.78 is 6.20. The Kier molecular flexibility index (Phi) is 6.39. The summed E-state index contributed by atoms with van der Waals surface area (Å²) in [5, 5.41) is 0.876. The van der Waals surface area contributed by atoms with Gasteiger partial charge in [-0.05, 0) is 24.1 Å². The average Bonchev–Trinajstić information content (AvgIpc) is 2.29. The molecule has 90 valence electrons. The van der Waals surface area contributed by atoms with Gasteiger partial charge in [-0.2, -0.15) is 0 Å². The van der Waals surface area contributed by atoms with Crippen LogP contribution in [0.15, 0.2) is 22.7 Å². The number of rotatable bonds is 6. The third-order valence-electron chi connectivity index (χ3n) is 2.46. The van der Waals surface area contributed by atoms with Gasteiger partial charge in [-0.15, -0.1) is 0 Å². The predicted molar refractivity (Wildman–Crippen MR) is 76.5 cm³/mol. The Morgan fingerprint density at radius 1 is 1.38 bits per heavy atom. The van der Waals surface area contributed by atoms with Gasteiger partial charge in [0.15, 0.2) is 0 Å². The van der Waals surface area contributed by atoms with Crippen molar-refractivity contribution in [1.82, 2.24) is 0 Å². The van der Waals surface area contributed by atoms with E-state index in [1.54, 1.807) is 7.11 Å². The topological polar surface area (TPSA) is 12.5 Å². The lowest BCUT2D eigenvalue weighted by Crippen LogP contribution is -2.19. The first-order valence-electron chi connectivity index (χ1n) is 5.23. The molecule has 0 aliphatic carbocycles. The highest BCUT2D eigenvalue weighted by Crippen LogP contribution is 2.25. The SMILES string of the molecule is COCCCN(C)c1ccc(CBr)c(Br)c1. The largest absolute Gasteiger partial charge is 0.385 e. The van der Waals surface area contributed by atoms with Crippen LogP contribution in [0.3, 0.4) is 0 Å². The van der Waals surface area contributed by atoms with E-state index in [1.165, 1.54) is 11.3 Å². The van der Waals surface area contributed by atoms with E-state index in [0.717, 1.165) is 29.4 Å². The fraction of sp³-hybridized carbons (Fsp3) is 0.500. The van der Waals surface area contributed by atoms with E-state index in [-0.39, 0.29) is 0 Å². The summed E-state index contributed by atoms with van der Waals surface area (Å²) in [7, 11) is 3.84. The standard InChI is InChI=1S/C12H17Br2NO/c1-15(6-3-7-16-2)11-5-4-10(9-13)12(14)8-11/h4-5,8H,3,6-7,9H2,1-2H3. The maximum Gasteiger partial charge on any atom is 0.0479 e. The Hall–Kier alpha value is -0.0600. The minimum Gasteiger partial charge on any atom is -0.385 e. The molecule has 1 aromatic carbocycles. The normalized spacial score (nSPS) is 10.5. The number of ether oxygens (including phenoxy) is 1. The molecule has 0 aliphatic rings.